The standard InChI is InChI=1S/C23H19Cl2F3N6O/c1-11-21(12(2)33(31-11)10-14-15(24)4-3-5-16(14)25)30-22(35)18-9-20-29-17(13-6-7-13)8-19(23(26,27)28)34(20)32-18/h3-5,8-9,13H,6-7,10H2,1-2H3,(H,30,35). The topological polar surface area (TPSA) is 77.1 Å². The van der Waals surface area contributed by atoms with Gasteiger partial charge in [0, 0.05) is 33.3 Å². The number of aromatic nitrogens is 5. The Labute approximate surface area is 207 Å². The number of carbonyl (C=O) groups excluding carboxylic acids is 1. The summed E-state index contributed by atoms with van der Waals surface area (Å²) in [5.74, 6) is -0.658. The molecule has 0 atom stereocenters. The van der Waals surface area contributed by atoms with Crippen LogP contribution >= 0.6 is 23.2 Å². The molecule has 1 N–H and O–H groups in total. The minimum atomic E-state index is -4.64. The van der Waals surface area contributed by atoms with E-state index in [1.54, 1.807) is 36.7 Å². The highest BCUT2D eigenvalue weighted by Gasteiger charge is 2.37. The molecule has 3 aromatic heterocycles. The second-order valence-electron chi connectivity index (χ2n) is 8.50. The summed E-state index contributed by atoms with van der Waals surface area (Å²) in [4.78, 5) is 17.3. The van der Waals surface area contributed by atoms with E-state index in [1.165, 1.54) is 6.07 Å². The molecule has 3 heterocycles. The molecule has 5 rings (SSSR count). The SMILES string of the molecule is Cc1nn(Cc2c(Cl)cccc2Cl)c(C)c1NC(=O)c1cc2nc(C3CC3)cc(C(F)(F)F)n2n1. The third-order valence-corrected chi connectivity index (χ3v) is 6.66. The zero-order valence-electron chi connectivity index (χ0n) is 18.6. The summed E-state index contributed by atoms with van der Waals surface area (Å²) in [6.07, 6.45) is -3.05. The van der Waals surface area contributed by atoms with Crippen LogP contribution in [0.4, 0.5) is 18.9 Å². The highest BCUT2D eigenvalue weighted by Crippen LogP contribution is 2.41. The van der Waals surface area contributed by atoms with E-state index in [2.05, 4.69) is 20.5 Å². The monoisotopic (exact) mass is 522 g/mol. The fourth-order valence-electron chi connectivity index (χ4n) is 3.94. The Kier molecular flexibility index (Phi) is 5.76. The minimum Gasteiger partial charge on any atom is -0.317 e. The second-order valence-corrected chi connectivity index (χ2v) is 9.31. The van der Waals surface area contributed by atoms with Crippen LogP contribution in [0.25, 0.3) is 5.65 Å². The van der Waals surface area contributed by atoms with E-state index in [9.17, 15) is 18.0 Å². The summed E-state index contributed by atoms with van der Waals surface area (Å²) < 4.78 is 43.3. The molecule has 1 saturated carbocycles. The van der Waals surface area contributed by atoms with Gasteiger partial charge in [0.25, 0.3) is 5.91 Å². The Morgan fingerprint density at radius 2 is 1.83 bits per heavy atom. The highest BCUT2D eigenvalue weighted by molar-refractivity contribution is 6.36. The summed E-state index contributed by atoms with van der Waals surface area (Å²) >= 11 is 12.5. The van der Waals surface area contributed by atoms with E-state index in [0.717, 1.165) is 18.9 Å². The van der Waals surface area contributed by atoms with Gasteiger partial charge < -0.3 is 5.32 Å². The zero-order chi connectivity index (χ0) is 25.1. The van der Waals surface area contributed by atoms with Crippen molar-refractivity contribution in [2.75, 3.05) is 5.32 Å². The molecule has 0 unspecified atom stereocenters. The predicted molar refractivity (Wildman–Crippen MR) is 125 cm³/mol. The number of hydrogen-bond acceptors (Lipinski definition) is 4. The predicted octanol–water partition coefficient (Wildman–Crippen LogP) is 6.05. The summed E-state index contributed by atoms with van der Waals surface area (Å²) in [6, 6.07) is 7.45. The molecule has 7 nitrogen and oxygen atoms in total. The molecule has 0 aliphatic heterocycles. The lowest BCUT2D eigenvalue weighted by molar-refractivity contribution is -0.142. The molecular weight excluding hydrogens is 504 g/mol. The maximum Gasteiger partial charge on any atom is 0.433 e. The van der Waals surface area contributed by atoms with Crippen LogP contribution < -0.4 is 5.32 Å². The number of carbonyl (C=O) groups is 1. The summed E-state index contributed by atoms with van der Waals surface area (Å²) in [5.41, 5.74) is 1.45. The molecular formula is C23H19Cl2F3N6O. The third kappa shape index (κ3) is 4.48. The summed E-state index contributed by atoms with van der Waals surface area (Å²) in [6.45, 7) is 3.75. The molecule has 0 saturated heterocycles. The number of alkyl halides is 3. The quantitative estimate of drug-likeness (QED) is 0.346. The number of amides is 1. The molecule has 1 amide bonds. The third-order valence-electron chi connectivity index (χ3n) is 5.96. The number of benzene rings is 1. The molecule has 1 aliphatic rings. The van der Waals surface area contributed by atoms with E-state index in [0.29, 0.717) is 42.9 Å². The van der Waals surface area contributed by atoms with Gasteiger partial charge in [-0.3, -0.25) is 9.48 Å². The van der Waals surface area contributed by atoms with Crippen LogP contribution in [-0.4, -0.2) is 30.3 Å². The van der Waals surface area contributed by atoms with Gasteiger partial charge in [0.1, 0.15) is 5.69 Å². The molecule has 182 valence electrons. The zero-order valence-corrected chi connectivity index (χ0v) is 20.1. The van der Waals surface area contributed by atoms with Gasteiger partial charge in [0.15, 0.2) is 11.3 Å². The molecule has 0 radical (unpaired) electrons. The van der Waals surface area contributed by atoms with Crippen LogP contribution in [-0.2, 0) is 12.7 Å². The average Bonchev–Trinajstić information content (AvgIpc) is 3.49. The van der Waals surface area contributed by atoms with Crippen molar-refractivity contribution in [2.45, 2.75) is 45.3 Å². The fraction of sp³-hybridized carbons (Fsp3) is 0.304. The molecule has 12 heteroatoms. The number of anilines is 1. The van der Waals surface area contributed by atoms with Crippen LogP contribution in [0.5, 0.6) is 0 Å². The van der Waals surface area contributed by atoms with Crippen LogP contribution in [0.3, 0.4) is 0 Å². The number of hydrogen-bond donors (Lipinski definition) is 1. The van der Waals surface area contributed by atoms with E-state index in [1.807, 2.05) is 0 Å². The van der Waals surface area contributed by atoms with Crippen molar-refractivity contribution in [1.29, 1.82) is 0 Å². The first-order chi connectivity index (χ1) is 16.5. The van der Waals surface area contributed by atoms with Crippen LogP contribution in [0, 0.1) is 13.8 Å². The van der Waals surface area contributed by atoms with Gasteiger partial charge in [-0.15, -0.1) is 0 Å². The molecule has 35 heavy (non-hydrogen) atoms. The lowest BCUT2D eigenvalue weighted by Gasteiger charge is -2.10. The first kappa shape index (κ1) is 23.6. The lowest BCUT2D eigenvalue weighted by atomic mass is 10.2. The van der Waals surface area contributed by atoms with Crippen LogP contribution in [0.2, 0.25) is 10.0 Å². The first-order valence-electron chi connectivity index (χ1n) is 10.8. The van der Waals surface area contributed by atoms with Crippen LogP contribution in [0.1, 0.15) is 57.6 Å². The van der Waals surface area contributed by atoms with Crippen molar-refractivity contribution >= 4 is 40.4 Å². The Morgan fingerprint density at radius 3 is 2.46 bits per heavy atom. The van der Waals surface area contributed by atoms with Crippen molar-refractivity contribution in [3.05, 3.63) is 74.4 Å². The van der Waals surface area contributed by atoms with E-state index in [-0.39, 0.29) is 23.8 Å². The van der Waals surface area contributed by atoms with Crippen molar-refractivity contribution in [2.24, 2.45) is 0 Å². The fourth-order valence-corrected chi connectivity index (χ4v) is 4.45. The number of nitrogens with one attached hydrogen (secondary N) is 1. The van der Waals surface area contributed by atoms with Gasteiger partial charge in [-0.05, 0) is 44.9 Å². The Hall–Kier alpha value is -3.11. The van der Waals surface area contributed by atoms with Gasteiger partial charge in [-0.2, -0.15) is 23.4 Å². The molecule has 1 aliphatic carbocycles. The maximum atomic E-state index is 13.7. The van der Waals surface area contributed by atoms with Crippen molar-refractivity contribution in [3.63, 3.8) is 0 Å². The smallest absolute Gasteiger partial charge is 0.317 e. The Balaban J connectivity index is 1.46. The van der Waals surface area contributed by atoms with Gasteiger partial charge in [-0.25, -0.2) is 9.50 Å². The minimum absolute atomic E-state index is 0.0102. The number of halogens is 5. The largest absolute Gasteiger partial charge is 0.433 e. The maximum absolute atomic E-state index is 13.7. The molecule has 1 fully saturated rings. The Bertz CT molecular complexity index is 1450. The number of aryl methyl sites for hydroxylation is 1. The normalized spacial score (nSPS) is 14.0. The van der Waals surface area contributed by atoms with E-state index >= 15 is 0 Å². The average molecular weight is 523 g/mol. The van der Waals surface area contributed by atoms with Crippen LogP contribution in [0.15, 0.2) is 30.3 Å². The van der Waals surface area contributed by atoms with E-state index < -0.39 is 17.8 Å². The van der Waals surface area contributed by atoms with Crippen molar-refractivity contribution in [1.82, 2.24) is 24.4 Å². The molecule has 4 aromatic rings. The lowest BCUT2D eigenvalue weighted by Crippen LogP contribution is -2.16. The van der Waals surface area contributed by atoms with Gasteiger partial charge in [0.2, 0.25) is 0 Å². The summed E-state index contributed by atoms with van der Waals surface area (Å²) in [7, 11) is 0. The van der Waals surface area contributed by atoms with Crippen molar-refractivity contribution in [3.8, 4) is 0 Å². The van der Waals surface area contributed by atoms with Gasteiger partial charge >= 0.3 is 6.18 Å². The number of rotatable bonds is 5. The van der Waals surface area contributed by atoms with Crippen molar-refractivity contribution < 1.29 is 18.0 Å². The molecule has 0 spiro atoms. The number of fused-ring (bicyclic) bond motifs is 1. The van der Waals surface area contributed by atoms with Gasteiger partial charge in [0.05, 0.1) is 23.6 Å². The molecule has 1 aromatic carbocycles. The second kappa shape index (κ2) is 8.53. The first-order valence-corrected chi connectivity index (χ1v) is 11.5. The molecule has 0 bridgehead atoms. The Morgan fingerprint density at radius 1 is 1.14 bits per heavy atom. The highest BCUT2D eigenvalue weighted by atomic mass is 35.5. The summed E-state index contributed by atoms with van der Waals surface area (Å²) in [5, 5.41) is 12.1. The number of nitrogens with zero attached hydrogens (tertiary/aromatic N) is 5. The van der Waals surface area contributed by atoms with E-state index in [4.69, 9.17) is 23.2 Å². The van der Waals surface area contributed by atoms with Gasteiger partial charge in [-0.1, -0.05) is 29.3 Å².